The zero-order valence-corrected chi connectivity index (χ0v) is 12.3. The molecule has 0 bridgehead atoms. The van der Waals surface area contributed by atoms with Gasteiger partial charge in [-0.3, -0.25) is 0 Å². The Kier molecular flexibility index (Phi) is 4.10. The molecule has 2 aromatic rings. The molecule has 0 aliphatic heterocycles. The summed E-state index contributed by atoms with van der Waals surface area (Å²) in [5.41, 5.74) is 7.40. The lowest BCUT2D eigenvalue weighted by Crippen LogP contribution is -2.11. The molecular weight excluding hydrogens is 348 g/mol. The molecule has 0 saturated heterocycles. The first-order valence-electron chi connectivity index (χ1n) is 4.63. The molecule has 0 aliphatic carbocycles. The highest BCUT2D eigenvalue weighted by atomic mass is 79.9. The summed E-state index contributed by atoms with van der Waals surface area (Å²) in [5.74, 6) is -0.345. The molecule has 2 rings (SSSR count). The number of benzene rings is 1. The lowest BCUT2D eigenvalue weighted by Gasteiger charge is -2.11. The van der Waals surface area contributed by atoms with Gasteiger partial charge >= 0.3 is 0 Å². The molecule has 1 unspecified atom stereocenters. The zero-order chi connectivity index (χ0) is 12.6. The predicted molar refractivity (Wildman–Crippen MR) is 74.5 cm³/mol. The summed E-state index contributed by atoms with van der Waals surface area (Å²) >= 11 is 16.3. The Morgan fingerprint density at radius 1 is 1.24 bits per heavy atom. The summed E-state index contributed by atoms with van der Waals surface area (Å²) in [6, 6.07) is 5.74. The van der Waals surface area contributed by atoms with E-state index >= 15 is 0 Å². The predicted octanol–water partition coefficient (Wildman–Crippen LogP) is 5.00. The lowest BCUT2D eigenvalue weighted by atomic mass is 10.0. The maximum absolute atomic E-state index is 13.3. The lowest BCUT2D eigenvalue weighted by molar-refractivity contribution is 0.622. The minimum Gasteiger partial charge on any atom is -0.320 e. The van der Waals surface area contributed by atoms with Crippen molar-refractivity contribution in [2.45, 2.75) is 6.04 Å². The van der Waals surface area contributed by atoms with Crippen molar-refractivity contribution in [1.29, 1.82) is 0 Å². The average Bonchev–Trinajstić information content (AvgIpc) is 2.55. The monoisotopic (exact) mass is 353 g/mol. The van der Waals surface area contributed by atoms with E-state index in [1.54, 1.807) is 12.1 Å². The van der Waals surface area contributed by atoms with Gasteiger partial charge in [0.25, 0.3) is 0 Å². The fraction of sp³-hybridized carbons (Fsp3) is 0.0909. The zero-order valence-electron chi connectivity index (χ0n) is 8.38. The van der Waals surface area contributed by atoms with Gasteiger partial charge < -0.3 is 5.73 Å². The van der Waals surface area contributed by atoms with Crippen LogP contribution in [0, 0.1) is 5.82 Å². The maximum Gasteiger partial charge on any atom is 0.124 e. The summed E-state index contributed by atoms with van der Waals surface area (Å²) in [7, 11) is 0. The highest BCUT2D eigenvalue weighted by Gasteiger charge is 2.16. The second-order valence-electron chi connectivity index (χ2n) is 3.46. The Bertz CT molecular complexity index is 538. The van der Waals surface area contributed by atoms with Crippen LogP contribution in [0.2, 0.25) is 8.67 Å². The molecule has 1 aromatic carbocycles. The van der Waals surface area contributed by atoms with Gasteiger partial charge in [-0.15, -0.1) is 11.3 Å². The second kappa shape index (κ2) is 5.24. The van der Waals surface area contributed by atoms with Crippen LogP contribution >= 0.6 is 50.5 Å². The van der Waals surface area contributed by atoms with Crippen molar-refractivity contribution in [3.8, 4) is 0 Å². The Morgan fingerprint density at radius 2 is 1.94 bits per heavy atom. The molecule has 1 heterocycles. The maximum atomic E-state index is 13.3. The van der Waals surface area contributed by atoms with E-state index in [2.05, 4.69) is 15.9 Å². The largest absolute Gasteiger partial charge is 0.320 e. The van der Waals surface area contributed by atoms with Crippen molar-refractivity contribution in [3.05, 3.63) is 54.4 Å². The number of rotatable bonds is 2. The van der Waals surface area contributed by atoms with Crippen molar-refractivity contribution in [2.24, 2.45) is 5.73 Å². The van der Waals surface area contributed by atoms with Gasteiger partial charge in [0.05, 0.1) is 14.7 Å². The van der Waals surface area contributed by atoms with Gasteiger partial charge in [-0.05, 0) is 29.8 Å². The molecule has 6 heteroatoms. The number of nitrogens with two attached hydrogens (primary N) is 1. The van der Waals surface area contributed by atoms with Crippen LogP contribution in [0.1, 0.15) is 17.2 Å². The Balaban J connectivity index is 2.43. The minimum absolute atomic E-state index is 0.345. The molecule has 0 fully saturated rings. The molecule has 0 amide bonds. The Hall–Kier alpha value is -0.130. The van der Waals surface area contributed by atoms with Crippen LogP contribution in [0.5, 0.6) is 0 Å². The van der Waals surface area contributed by atoms with Crippen LogP contribution in [0.25, 0.3) is 0 Å². The standard InChI is InChI=1S/C11H7BrCl2FNS/c12-6-1-5(2-7(15)3-6)10(16)8-4-9(13)17-11(8)14/h1-4,10H,16H2. The van der Waals surface area contributed by atoms with E-state index in [9.17, 15) is 4.39 Å². The fourth-order valence-electron chi connectivity index (χ4n) is 1.50. The average molecular weight is 355 g/mol. The smallest absolute Gasteiger partial charge is 0.124 e. The van der Waals surface area contributed by atoms with Crippen LogP contribution in [-0.2, 0) is 0 Å². The molecule has 0 radical (unpaired) electrons. The number of halogens is 4. The Labute approximate surface area is 120 Å². The quantitative estimate of drug-likeness (QED) is 0.806. The molecule has 1 nitrogen and oxygen atoms in total. The third-order valence-corrected chi connectivity index (χ3v) is 4.24. The first kappa shape index (κ1) is 13.3. The van der Waals surface area contributed by atoms with E-state index in [1.165, 1.54) is 23.5 Å². The molecule has 1 atom stereocenters. The molecule has 17 heavy (non-hydrogen) atoms. The van der Waals surface area contributed by atoms with Crippen molar-refractivity contribution >= 4 is 50.5 Å². The molecule has 0 saturated carbocycles. The van der Waals surface area contributed by atoms with E-state index < -0.39 is 6.04 Å². The fourth-order valence-corrected chi connectivity index (χ4v) is 3.53. The molecule has 0 aliphatic rings. The van der Waals surface area contributed by atoms with E-state index in [1.807, 2.05) is 0 Å². The summed E-state index contributed by atoms with van der Waals surface area (Å²) in [5, 5.41) is 0. The van der Waals surface area contributed by atoms with Gasteiger partial charge in [0.2, 0.25) is 0 Å². The van der Waals surface area contributed by atoms with Gasteiger partial charge in [0.1, 0.15) is 5.82 Å². The first-order chi connectivity index (χ1) is 7.97. The normalized spacial score (nSPS) is 12.8. The van der Waals surface area contributed by atoms with Crippen LogP contribution in [-0.4, -0.2) is 0 Å². The van der Waals surface area contributed by atoms with Gasteiger partial charge in [0, 0.05) is 10.0 Å². The molecule has 1 aromatic heterocycles. The summed E-state index contributed by atoms with van der Waals surface area (Å²) in [6.45, 7) is 0. The number of hydrogen-bond acceptors (Lipinski definition) is 2. The number of thiophene rings is 1. The van der Waals surface area contributed by atoms with E-state index in [-0.39, 0.29) is 5.82 Å². The van der Waals surface area contributed by atoms with Gasteiger partial charge in [-0.2, -0.15) is 0 Å². The van der Waals surface area contributed by atoms with Crippen molar-refractivity contribution in [2.75, 3.05) is 0 Å². The number of hydrogen-bond donors (Lipinski definition) is 1. The third-order valence-electron chi connectivity index (χ3n) is 2.26. The van der Waals surface area contributed by atoms with Gasteiger partial charge in [-0.25, -0.2) is 4.39 Å². The Morgan fingerprint density at radius 3 is 2.47 bits per heavy atom. The molecule has 2 N–H and O–H groups in total. The minimum atomic E-state index is -0.488. The van der Waals surface area contributed by atoms with E-state index in [0.717, 1.165) is 0 Å². The SMILES string of the molecule is NC(c1cc(F)cc(Br)c1)c1cc(Cl)sc1Cl. The molecule has 90 valence electrons. The summed E-state index contributed by atoms with van der Waals surface area (Å²) in [6.07, 6.45) is 0. The van der Waals surface area contributed by atoms with Crippen LogP contribution in [0.3, 0.4) is 0 Å². The third kappa shape index (κ3) is 3.01. The van der Waals surface area contributed by atoms with Crippen molar-refractivity contribution in [1.82, 2.24) is 0 Å². The van der Waals surface area contributed by atoms with Gasteiger partial charge in [0.15, 0.2) is 0 Å². The van der Waals surface area contributed by atoms with Gasteiger partial charge in [-0.1, -0.05) is 39.1 Å². The van der Waals surface area contributed by atoms with Crippen molar-refractivity contribution in [3.63, 3.8) is 0 Å². The van der Waals surface area contributed by atoms with Crippen LogP contribution < -0.4 is 5.73 Å². The van der Waals surface area contributed by atoms with E-state index in [4.69, 9.17) is 28.9 Å². The summed E-state index contributed by atoms with van der Waals surface area (Å²) < 4.78 is 15.0. The molecular formula is C11H7BrCl2FNS. The highest BCUT2D eigenvalue weighted by Crippen LogP contribution is 2.36. The second-order valence-corrected chi connectivity index (χ2v) is 6.66. The molecule has 0 spiro atoms. The van der Waals surface area contributed by atoms with Crippen molar-refractivity contribution < 1.29 is 4.39 Å². The first-order valence-corrected chi connectivity index (χ1v) is 7.00. The topological polar surface area (TPSA) is 26.0 Å². The van der Waals surface area contributed by atoms with E-state index in [0.29, 0.717) is 24.3 Å². The van der Waals surface area contributed by atoms with Crippen LogP contribution in [0.15, 0.2) is 28.7 Å². The summed E-state index contributed by atoms with van der Waals surface area (Å²) in [4.78, 5) is 0. The highest BCUT2D eigenvalue weighted by molar-refractivity contribution is 9.10. The van der Waals surface area contributed by atoms with Crippen LogP contribution in [0.4, 0.5) is 4.39 Å².